The lowest BCUT2D eigenvalue weighted by Gasteiger charge is -2.13. The zero-order valence-electron chi connectivity index (χ0n) is 21.9. The Kier molecular flexibility index (Phi) is 8.88. The van der Waals surface area contributed by atoms with E-state index in [9.17, 15) is 22.8 Å². The van der Waals surface area contributed by atoms with Crippen molar-refractivity contribution in [1.82, 2.24) is 0 Å². The Labute approximate surface area is 229 Å². The van der Waals surface area contributed by atoms with E-state index in [1.807, 2.05) is 37.3 Å². The number of rotatable bonds is 10. The number of halogens is 3. The van der Waals surface area contributed by atoms with Crippen LogP contribution < -0.4 is 14.5 Å². The minimum atomic E-state index is -4.88. The normalized spacial score (nSPS) is 14.3. The highest BCUT2D eigenvalue weighted by Gasteiger charge is 2.46. The van der Waals surface area contributed by atoms with Crippen molar-refractivity contribution in [1.29, 1.82) is 0 Å². The number of carbonyl (C=O) groups excluding carboxylic acids is 2. The van der Waals surface area contributed by atoms with Gasteiger partial charge in [-0.1, -0.05) is 43.3 Å². The van der Waals surface area contributed by atoms with E-state index in [1.54, 1.807) is 6.07 Å². The van der Waals surface area contributed by atoms with Gasteiger partial charge in [0, 0.05) is 6.42 Å². The summed E-state index contributed by atoms with van der Waals surface area (Å²) in [6.07, 6.45) is -2.47. The standard InChI is InChI=1S/C30H27F3N2O5/c1-3-16-40-29(37)22-10-12-23(13-11-22)35-28(36)24(27(34-35)30(31,32)33)18-21-9-14-25(26(19-21)38-2)39-17-15-20-7-5-4-6-8-20/h4-14,18-19H,3,15-17H2,1-2H3. The van der Waals surface area contributed by atoms with Crippen molar-refractivity contribution in [3.8, 4) is 11.5 Å². The number of anilines is 1. The van der Waals surface area contributed by atoms with Crippen molar-refractivity contribution in [3.63, 3.8) is 0 Å². The van der Waals surface area contributed by atoms with Crippen LogP contribution in [0.5, 0.6) is 11.5 Å². The number of methoxy groups -OCH3 is 1. The number of hydrazone groups is 1. The first-order valence-electron chi connectivity index (χ1n) is 12.6. The first kappa shape index (κ1) is 28.4. The van der Waals surface area contributed by atoms with Crippen molar-refractivity contribution in [2.24, 2.45) is 5.10 Å². The summed E-state index contributed by atoms with van der Waals surface area (Å²) >= 11 is 0. The molecular formula is C30H27F3N2O5. The van der Waals surface area contributed by atoms with Gasteiger partial charge in [-0.05, 0) is 60.0 Å². The molecule has 1 amide bonds. The zero-order valence-corrected chi connectivity index (χ0v) is 21.9. The molecule has 0 saturated carbocycles. The molecule has 10 heteroatoms. The van der Waals surface area contributed by atoms with E-state index in [1.165, 1.54) is 43.5 Å². The van der Waals surface area contributed by atoms with Gasteiger partial charge in [0.25, 0.3) is 5.91 Å². The summed E-state index contributed by atoms with van der Waals surface area (Å²) in [6.45, 7) is 2.46. The summed E-state index contributed by atoms with van der Waals surface area (Å²) in [4.78, 5) is 25.2. The van der Waals surface area contributed by atoms with Crippen LogP contribution >= 0.6 is 0 Å². The number of benzene rings is 3. The third kappa shape index (κ3) is 6.69. The summed E-state index contributed by atoms with van der Waals surface area (Å²) < 4.78 is 57.9. The van der Waals surface area contributed by atoms with Crippen LogP contribution in [0.4, 0.5) is 18.9 Å². The first-order chi connectivity index (χ1) is 19.2. The molecule has 0 aromatic heterocycles. The summed E-state index contributed by atoms with van der Waals surface area (Å²) in [5, 5.41) is 4.24. The van der Waals surface area contributed by atoms with Crippen molar-refractivity contribution >= 4 is 29.4 Å². The number of amides is 1. The number of carbonyl (C=O) groups is 2. The molecule has 1 heterocycles. The molecule has 0 saturated heterocycles. The van der Waals surface area contributed by atoms with Crippen molar-refractivity contribution in [2.75, 3.05) is 25.3 Å². The van der Waals surface area contributed by atoms with Crippen LogP contribution in [0.15, 0.2) is 83.5 Å². The molecule has 0 atom stereocenters. The van der Waals surface area contributed by atoms with Crippen LogP contribution in [0.1, 0.15) is 34.8 Å². The van der Waals surface area contributed by atoms with Gasteiger partial charge >= 0.3 is 12.1 Å². The molecule has 1 aliphatic rings. The molecule has 4 rings (SSSR count). The lowest BCUT2D eigenvalue weighted by molar-refractivity contribution is -0.114. The van der Waals surface area contributed by atoms with Gasteiger partial charge in [0.15, 0.2) is 17.2 Å². The van der Waals surface area contributed by atoms with Crippen LogP contribution in [0.3, 0.4) is 0 Å². The maximum atomic E-state index is 13.9. The SMILES string of the molecule is CCCOC(=O)c1ccc(N2N=C(C(F)(F)F)C(=Cc3ccc(OCCc4ccccc4)c(OC)c3)C2=O)cc1. The van der Waals surface area contributed by atoms with E-state index < -0.39 is 29.3 Å². The van der Waals surface area contributed by atoms with Crippen LogP contribution in [0, 0.1) is 0 Å². The monoisotopic (exact) mass is 552 g/mol. The molecule has 0 bridgehead atoms. The predicted molar refractivity (Wildman–Crippen MR) is 145 cm³/mol. The van der Waals surface area contributed by atoms with Gasteiger partial charge in [-0.25, -0.2) is 4.79 Å². The molecule has 7 nitrogen and oxygen atoms in total. The van der Waals surface area contributed by atoms with Gasteiger partial charge < -0.3 is 14.2 Å². The molecule has 3 aromatic rings. The third-order valence-corrected chi connectivity index (χ3v) is 5.92. The molecular weight excluding hydrogens is 525 g/mol. The van der Waals surface area contributed by atoms with Gasteiger partial charge in [-0.15, -0.1) is 0 Å². The Balaban J connectivity index is 1.55. The van der Waals surface area contributed by atoms with Gasteiger partial charge in [-0.2, -0.15) is 23.3 Å². The van der Waals surface area contributed by atoms with Crippen LogP contribution in [-0.2, 0) is 16.0 Å². The Bertz CT molecular complexity index is 1420. The van der Waals surface area contributed by atoms with Crippen molar-refractivity contribution < 1.29 is 37.0 Å². The highest BCUT2D eigenvalue weighted by molar-refractivity contribution is 6.34. The van der Waals surface area contributed by atoms with Gasteiger partial charge in [0.2, 0.25) is 0 Å². The average Bonchev–Trinajstić information content (AvgIpc) is 3.29. The second-order valence-corrected chi connectivity index (χ2v) is 8.80. The molecule has 208 valence electrons. The topological polar surface area (TPSA) is 77.4 Å². The van der Waals surface area contributed by atoms with E-state index in [2.05, 4.69) is 5.10 Å². The van der Waals surface area contributed by atoms with Crippen molar-refractivity contribution in [3.05, 3.63) is 95.1 Å². The molecule has 1 aliphatic heterocycles. The quantitative estimate of drug-likeness (QED) is 0.220. The van der Waals surface area contributed by atoms with Crippen molar-refractivity contribution in [2.45, 2.75) is 25.9 Å². The van der Waals surface area contributed by atoms with Gasteiger partial charge in [0.1, 0.15) is 0 Å². The second kappa shape index (κ2) is 12.5. The second-order valence-electron chi connectivity index (χ2n) is 8.80. The molecule has 0 N–H and O–H groups in total. The molecule has 0 unspecified atom stereocenters. The summed E-state index contributed by atoms with van der Waals surface area (Å²) in [5.41, 5.74) is -0.287. The third-order valence-electron chi connectivity index (χ3n) is 5.92. The Morgan fingerprint density at radius 3 is 2.35 bits per heavy atom. The number of hydrogen-bond acceptors (Lipinski definition) is 6. The van der Waals surface area contributed by atoms with Crippen LogP contribution in [-0.4, -0.2) is 44.1 Å². The molecule has 3 aromatic carbocycles. The summed E-state index contributed by atoms with van der Waals surface area (Å²) in [5.74, 6) is -0.804. The fourth-order valence-electron chi connectivity index (χ4n) is 3.93. The van der Waals surface area contributed by atoms with Gasteiger partial charge in [0.05, 0.1) is 37.1 Å². The molecule has 0 spiro atoms. The maximum Gasteiger partial charge on any atom is 0.435 e. The van der Waals surface area contributed by atoms with Gasteiger partial charge in [-0.3, -0.25) is 4.79 Å². The molecule has 0 fully saturated rings. The van der Waals surface area contributed by atoms with E-state index in [0.29, 0.717) is 41.5 Å². The maximum absolute atomic E-state index is 13.9. The van der Waals surface area contributed by atoms with E-state index in [4.69, 9.17) is 14.2 Å². The number of ether oxygens (including phenoxy) is 3. The highest BCUT2D eigenvalue weighted by atomic mass is 19.4. The number of esters is 1. The lowest BCUT2D eigenvalue weighted by Crippen LogP contribution is -2.25. The molecule has 40 heavy (non-hydrogen) atoms. The van der Waals surface area contributed by atoms with Crippen LogP contribution in [0.2, 0.25) is 0 Å². The predicted octanol–water partition coefficient (Wildman–Crippen LogP) is 6.23. The van der Waals surface area contributed by atoms with Crippen LogP contribution in [0.25, 0.3) is 6.08 Å². The van der Waals surface area contributed by atoms with E-state index in [-0.39, 0.29) is 17.9 Å². The average molecular weight is 553 g/mol. The fourth-order valence-corrected chi connectivity index (χ4v) is 3.93. The van der Waals surface area contributed by atoms with E-state index in [0.717, 1.165) is 11.6 Å². The summed E-state index contributed by atoms with van der Waals surface area (Å²) in [6, 6.07) is 19.8. The molecule has 0 radical (unpaired) electrons. The number of hydrogen-bond donors (Lipinski definition) is 0. The Morgan fingerprint density at radius 1 is 0.975 bits per heavy atom. The first-order valence-corrected chi connectivity index (χ1v) is 12.6. The number of alkyl halides is 3. The van der Waals surface area contributed by atoms with E-state index >= 15 is 0 Å². The smallest absolute Gasteiger partial charge is 0.435 e. The Morgan fingerprint density at radius 2 is 1.70 bits per heavy atom. The lowest BCUT2D eigenvalue weighted by atomic mass is 10.1. The number of nitrogens with zero attached hydrogens (tertiary/aromatic N) is 2. The largest absolute Gasteiger partial charge is 0.493 e. The zero-order chi connectivity index (χ0) is 28.7. The summed E-state index contributed by atoms with van der Waals surface area (Å²) in [7, 11) is 1.42. The Hall–Kier alpha value is -4.60. The minimum absolute atomic E-state index is 0.0712. The minimum Gasteiger partial charge on any atom is -0.493 e. The highest BCUT2D eigenvalue weighted by Crippen LogP contribution is 2.34. The molecule has 0 aliphatic carbocycles. The fraction of sp³-hybridized carbons (Fsp3) is 0.233.